The summed E-state index contributed by atoms with van der Waals surface area (Å²) in [5, 5.41) is 0.537. The van der Waals surface area contributed by atoms with Gasteiger partial charge in [0.15, 0.2) is 0 Å². The van der Waals surface area contributed by atoms with Crippen LogP contribution in [0, 0.1) is 5.92 Å². The Morgan fingerprint density at radius 2 is 2.29 bits per heavy atom. The van der Waals surface area contributed by atoms with Gasteiger partial charge in [0, 0.05) is 19.1 Å². The van der Waals surface area contributed by atoms with E-state index in [1.807, 2.05) is 19.1 Å². The summed E-state index contributed by atoms with van der Waals surface area (Å²) in [5.41, 5.74) is 1.90. The van der Waals surface area contributed by atoms with Gasteiger partial charge in [0.1, 0.15) is 11.3 Å². The fourth-order valence-electron chi connectivity index (χ4n) is 3.21. The lowest BCUT2D eigenvalue weighted by Crippen LogP contribution is -2.21. The summed E-state index contributed by atoms with van der Waals surface area (Å²) in [7, 11) is 0. The number of imidazole rings is 1. The number of fused-ring (bicyclic) bond motifs is 1. The summed E-state index contributed by atoms with van der Waals surface area (Å²) in [6.45, 7) is 5.87. The molecule has 2 aromatic rings. The van der Waals surface area contributed by atoms with Crippen molar-refractivity contribution in [3.63, 3.8) is 0 Å². The highest BCUT2D eigenvalue weighted by Gasteiger charge is 2.29. The number of ether oxygens (including phenoxy) is 1. The lowest BCUT2D eigenvalue weighted by atomic mass is 9.99. The first-order chi connectivity index (χ1) is 10.1. The molecule has 3 unspecified atom stereocenters. The van der Waals surface area contributed by atoms with Gasteiger partial charge in [-0.05, 0) is 31.9 Å². The van der Waals surface area contributed by atoms with Crippen molar-refractivity contribution >= 4 is 34.2 Å². The summed E-state index contributed by atoms with van der Waals surface area (Å²) in [5.74, 6) is 1.40. The fraction of sp³-hybridized carbons (Fsp3) is 0.562. The maximum absolute atomic E-state index is 6.33. The van der Waals surface area contributed by atoms with Crippen LogP contribution in [0.25, 0.3) is 11.0 Å². The number of hydrogen-bond acceptors (Lipinski definition) is 2. The van der Waals surface area contributed by atoms with E-state index in [0.29, 0.717) is 17.0 Å². The van der Waals surface area contributed by atoms with E-state index in [1.54, 1.807) is 0 Å². The molecule has 0 bridgehead atoms. The molecule has 0 amide bonds. The van der Waals surface area contributed by atoms with E-state index in [9.17, 15) is 0 Å². The largest absolute Gasteiger partial charge is 0.378 e. The first-order valence-electron chi connectivity index (χ1n) is 7.52. The summed E-state index contributed by atoms with van der Waals surface area (Å²) in [6, 6.07) is 5.90. The number of hydrogen-bond donors (Lipinski definition) is 0. The minimum absolute atomic E-state index is 0.143. The SMILES string of the molecule is CCC1OCCC1Cn1c(C(C)Cl)nc2c(Cl)cccc21. The minimum atomic E-state index is -0.143. The second-order valence-electron chi connectivity index (χ2n) is 5.67. The molecule has 0 spiro atoms. The van der Waals surface area contributed by atoms with Crippen LogP contribution in [0.3, 0.4) is 0 Å². The van der Waals surface area contributed by atoms with Crippen LogP contribution in [-0.4, -0.2) is 22.3 Å². The van der Waals surface area contributed by atoms with E-state index >= 15 is 0 Å². The van der Waals surface area contributed by atoms with Crippen molar-refractivity contribution in [3.05, 3.63) is 29.0 Å². The predicted molar refractivity (Wildman–Crippen MR) is 87.1 cm³/mol. The van der Waals surface area contributed by atoms with Gasteiger partial charge < -0.3 is 9.30 Å². The molecule has 21 heavy (non-hydrogen) atoms. The van der Waals surface area contributed by atoms with Crippen LogP contribution in [0.15, 0.2) is 18.2 Å². The first kappa shape index (κ1) is 15.1. The van der Waals surface area contributed by atoms with Crippen LogP contribution in [-0.2, 0) is 11.3 Å². The molecule has 1 aliphatic rings. The molecule has 0 aliphatic carbocycles. The van der Waals surface area contributed by atoms with Gasteiger partial charge in [0.05, 0.1) is 22.0 Å². The standard InChI is InChI=1S/C16H20Cl2N2O/c1-3-14-11(7-8-21-14)9-20-13-6-4-5-12(18)15(13)19-16(20)10(2)17/h4-6,10-11,14H,3,7-9H2,1-2H3. The van der Waals surface area contributed by atoms with Crippen molar-refractivity contribution in [2.45, 2.75) is 44.7 Å². The molecule has 2 heterocycles. The van der Waals surface area contributed by atoms with Gasteiger partial charge in [-0.3, -0.25) is 0 Å². The van der Waals surface area contributed by atoms with E-state index in [0.717, 1.165) is 42.9 Å². The summed E-state index contributed by atoms with van der Waals surface area (Å²) in [6.07, 6.45) is 2.47. The molecule has 1 aliphatic heterocycles. The summed E-state index contributed by atoms with van der Waals surface area (Å²) in [4.78, 5) is 4.66. The molecular weight excluding hydrogens is 307 g/mol. The van der Waals surface area contributed by atoms with Crippen LogP contribution in [0.2, 0.25) is 5.02 Å². The van der Waals surface area contributed by atoms with Gasteiger partial charge in [-0.2, -0.15) is 0 Å². The Balaban J connectivity index is 2.03. The van der Waals surface area contributed by atoms with Gasteiger partial charge in [-0.1, -0.05) is 24.6 Å². The number of para-hydroxylation sites is 1. The molecule has 5 heteroatoms. The van der Waals surface area contributed by atoms with Gasteiger partial charge in [0.25, 0.3) is 0 Å². The molecule has 3 nitrogen and oxygen atoms in total. The predicted octanol–water partition coefficient (Wildman–Crippen LogP) is 4.80. The number of rotatable bonds is 4. The van der Waals surface area contributed by atoms with Crippen LogP contribution >= 0.6 is 23.2 Å². The number of halogens is 2. The average molecular weight is 327 g/mol. The van der Waals surface area contributed by atoms with Crippen molar-refractivity contribution in [1.29, 1.82) is 0 Å². The maximum Gasteiger partial charge on any atom is 0.127 e. The van der Waals surface area contributed by atoms with Crippen molar-refractivity contribution in [1.82, 2.24) is 9.55 Å². The van der Waals surface area contributed by atoms with Crippen molar-refractivity contribution < 1.29 is 4.74 Å². The Morgan fingerprint density at radius 1 is 1.48 bits per heavy atom. The number of benzene rings is 1. The van der Waals surface area contributed by atoms with Crippen LogP contribution in [0.4, 0.5) is 0 Å². The van der Waals surface area contributed by atoms with Crippen LogP contribution in [0.1, 0.15) is 37.9 Å². The molecule has 1 aromatic carbocycles. The molecule has 0 saturated carbocycles. The Kier molecular flexibility index (Phi) is 4.43. The van der Waals surface area contributed by atoms with Crippen molar-refractivity contribution in [3.8, 4) is 0 Å². The monoisotopic (exact) mass is 326 g/mol. The zero-order valence-corrected chi connectivity index (χ0v) is 13.9. The third-order valence-corrected chi connectivity index (χ3v) is 4.78. The topological polar surface area (TPSA) is 27.1 Å². The molecular formula is C16H20Cl2N2O. The van der Waals surface area contributed by atoms with E-state index in [-0.39, 0.29) is 5.38 Å². The van der Waals surface area contributed by atoms with E-state index in [2.05, 4.69) is 22.5 Å². The highest BCUT2D eigenvalue weighted by Crippen LogP contribution is 2.32. The summed E-state index contributed by atoms with van der Waals surface area (Å²) < 4.78 is 8.03. The molecule has 3 rings (SSSR count). The molecule has 3 atom stereocenters. The van der Waals surface area contributed by atoms with Crippen LogP contribution in [0.5, 0.6) is 0 Å². The second kappa shape index (κ2) is 6.15. The van der Waals surface area contributed by atoms with Gasteiger partial charge in [-0.25, -0.2) is 4.98 Å². The highest BCUT2D eigenvalue weighted by atomic mass is 35.5. The lowest BCUT2D eigenvalue weighted by Gasteiger charge is -2.19. The Labute approximate surface area is 135 Å². The Morgan fingerprint density at radius 3 is 3.00 bits per heavy atom. The second-order valence-corrected chi connectivity index (χ2v) is 6.73. The van der Waals surface area contributed by atoms with E-state index in [4.69, 9.17) is 27.9 Å². The van der Waals surface area contributed by atoms with Crippen molar-refractivity contribution in [2.75, 3.05) is 6.61 Å². The van der Waals surface area contributed by atoms with Gasteiger partial charge >= 0.3 is 0 Å². The van der Waals surface area contributed by atoms with Gasteiger partial charge in [0.2, 0.25) is 0 Å². The summed E-state index contributed by atoms with van der Waals surface area (Å²) >= 11 is 12.6. The smallest absolute Gasteiger partial charge is 0.127 e. The normalized spacial score (nSPS) is 23.8. The van der Waals surface area contributed by atoms with E-state index < -0.39 is 0 Å². The molecule has 114 valence electrons. The quantitative estimate of drug-likeness (QED) is 0.754. The Hall–Kier alpha value is -0.770. The Bertz CT molecular complexity index is 638. The third kappa shape index (κ3) is 2.79. The van der Waals surface area contributed by atoms with Crippen LogP contribution < -0.4 is 0 Å². The first-order valence-corrected chi connectivity index (χ1v) is 8.33. The minimum Gasteiger partial charge on any atom is -0.378 e. The third-order valence-electron chi connectivity index (χ3n) is 4.28. The van der Waals surface area contributed by atoms with E-state index in [1.165, 1.54) is 0 Å². The zero-order valence-electron chi connectivity index (χ0n) is 12.4. The highest BCUT2D eigenvalue weighted by molar-refractivity contribution is 6.35. The molecule has 1 fully saturated rings. The molecule has 0 radical (unpaired) electrons. The number of aromatic nitrogens is 2. The molecule has 1 saturated heterocycles. The van der Waals surface area contributed by atoms with Gasteiger partial charge in [-0.15, -0.1) is 11.6 Å². The fourth-order valence-corrected chi connectivity index (χ4v) is 3.59. The van der Waals surface area contributed by atoms with Crippen molar-refractivity contribution in [2.24, 2.45) is 5.92 Å². The molecule has 1 aromatic heterocycles. The maximum atomic E-state index is 6.33. The molecule has 0 N–H and O–H groups in total. The number of alkyl halides is 1. The average Bonchev–Trinajstić information content (AvgIpc) is 3.05. The number of nitrogens with zero attached hydrogens (tertiary/aromatic N) is 2. The lowest BCUT2D eigenvalue weighted by molar-refractivity contribution is 0.0835. The zero-order chi connectivity index (χ0) is 15.0.